The van der Waals surface area contributed by atoms with E-state index in [0.29, 0.717) is 51.7 Å². The number of imide groups is 2. The van der Waals surface area contributed by atoms with Crippen molar-refractivity contribution in [1.29, 1.82) is 0 Å². The van der Waals surface area contributed by atoms with Gasteiger partial charge in [0.2, 0.25) is 17.5 Å². The summed E-state index contributed by atoms with van der Waals surface area (Å²) in [6, 6.07) is 15.4. The minimum Gasteiger partial charge on any atom is -0.488 e. The van der Waals surface area contributed by atoms with E-state index in [1.54, 1.807) is 30.3 Å². The van der Waals surface area contributed by atoms with Gasteiger partial charge in [-0.05, 0) is 98.7 Å². The molecular weight excluding hydrogens is 794 g/mol. The smallest absolute Gasteiger partial charge is 0.262 e. The molecule has 13 nitrogen and oxygen atoms in total. The van der Waals surface area contributed by atoms with E-state index >= 15 is 0 Å². The summed E-state index contributed by atoms with van der Waals surface area (Å²) in [6.45, 7) is 17.6. The Hall–Kier alpha value is -5.73. The van der Waals surface area contributed by atoms with Gasteiger partial charge in [-0.25, -0.2) is 4.85 Å². The zero-order valence-electron chi connectivity index (χ0n) is 34.3. The predicted octanol–water partition coefficient (Wildman–Crippen LogP) is 5.16. The number of fused-ring (bicyclic) bond motifs is 2. The van der Waals surface area contributed by atoms with Crippen LogP contribution < -0.4 is 20.7 Å². The second kappa shape index (κ2) is 13.9. The van der Waals surface area contributed by atoms with Crippen molar-refractivity contribution >= 4 is 52.5 Å². The Morgan fingerprint density at radius 3 is 2.41 bits per heavy atom. The minimum absolute atomic E-state index is 0.0364. The average molecular weight is 840 g/mol. The van der Waals surface area contributed by atoms with Gasteiger partial charge in [-0.3, -0.25) is 39.1 Å². The van der Waals surface area contributed by atoms with Crippen LogP contribution in [0.15, 0.2) is 54.6 Å². The number of hydrogen-bond acceptors (Lipinski definition) is 9. The first-order chi connectivity index (χ1) is 29.1. The number of likely N-dealkylation sites (tertiary alicyclic amines) is 1. The summed E-state index contributed by atoms with van der Waals surface area (Å²) in [6.07, 6.45) is 3.12. The van der Waals surface area contributed by atoms with Crippen molar-refractivity contribution in [2.45, 2.75) is 89.2 Å². The van der Waals surface area contributed by atoms with Crippen molar-refractivity contribution in [2.75, 3.05) is 31.1 Å². The zero-order chi connectivity index (χ0) is 42.7. The van der Waals surface area contributed by atoms with E-state index in [-0.39, 0.29) is 36.3 Å². The molecule has 3 aromatic carbocycles. The summed E-state index contributed by atoms with van der Waals surface area (Å²) in [5, 5.41) is 2.57. The van der Waals surface area contributed by atoms with Crippen LogP contribution in [0.2, 0.25) is 5.02 Å². The molecule has 5 aliphatic heterocycles. The largest absolute Gasteiger partial charge is 0.488 e. The lowest BCUT2D eigenvalue weighted by Gasteiger charge is -2.64. The lowest BCUT2D eigenvalue weighted by molar-refractivity contribution is -0.159. The number of nitrogens with one attached hydrogen (secondary N) is 1. The molecule has 5 fully saturated rings. The molecule has 61 heavy (non-hydrogen) atoms. The maximum absolute atomic E-state index is 13.8. The van der Waals surface area contributed by atoms with Crippen LogP contribution in [0.1, 0.15) is 95.1 Å². The van der Waals surface area contributed by atoms with Gasteiger partial charge in [-0.1, -0.05) is 43.4 Å². The molecule has 0 aromatic heterocycles. The van der Waals surface area contributed by atoms with Crippen molar-refractivity contribution in [3.8, 4) is 17.6 Å². The molecule has 14 heteroatoms. The Bertz CT molecular complexity index is 2560. The fraction of sp³-hybridized carbons (Fsp3) is 0.447. The lowest BCUT2D eigenvalue weighted by atomic mass is 9.52. The monoisotopic (exact) mass is 839 g/mol. The predicted molar refractivity (Wildman–Crippen MR) is 226 cm³/mol. The molecular formula is C47H46ClN7O6. The summed E-state index contributed by atoms with van der Waals surface area (Å²) in [5.74, 6) is 5.80. The normalized spacial score (nSPS) is 28.7. The van der Waals surface area contributed by atoms with E-state index in [0.717, 1.165) is 67.2 Å². The molecule has 4 atom stereocenters. The summed E-state index contributed by atoms with van der Waals surface area (Å²) in [7, 11) is 0. The van der Waals surface area contributed by atoms with Gasteiger partial charge in [0, 0.05) is 66.8 Å². The molecule has 5 heterocycles. The molecule has 10 rings (SSSR count). The van der Waals surface area contributed by atoms with Gasteiger partial charge in [0.25, 0.3) is 17.7 Å². The average Bonchev–Trinajstić information content (AvgIpc) is 3.83. The maximum atomic E-state index is 13.8. The number of amides is 5. The van der Waals surface area contributed by atoms with Crippen LogP contribution in [0.5, 0.6) is 5.75 Å². The van der Waals surface area contributed by atoms with Crippen molar-refractivity contribution in [1.82, 2.24) is 20.0 Å². The summed E-state index contributed by atoms with van der Waals surface area (Å²) in [4.78, 5) is 75.5. The molecule has 7 aliphatic rings. The third-order valence-electron chi connectivity index (χ3n) is 14.5. The standard InChI is InChI=1S/C47H46ClN7O6/c1-45(2)43(46(3,49)44(45)61-31-9-12-36(50-4)35(48)19-31)54-22-28-17-26(7-10-32(28)40(54)58)5-6-27-20-47(21-27)15-16-52(25-47)30-23-53(24-30)29-8-11-33-34(18-29)42(60)55(41(33)59)37-13-14-38(56)51-39(37)57/h7-12,17-19,27,30,37,43-44H,13-16,20-25,49H2,1-3H3,(H,51,56,57)/t27?,37?,43-,44-,46?,47?/m0/s1. The Balaban J connectivity index is 0.721. The minimum atomic E-state index is -0.977. The first-order valence-electron chi connectivity index (χ1n) is 21.0. The van der Waals surface area contributed by atoms with E-state index < -0.39 is 40.6 Å². The fourth-order valence-corrected chi connectivity index (χ4v) is 11.9. The van der Waals surface area contributed by atoms with Gasteiger partial charge in [0.1, 0.15) is 17.9 Å². The van der Waals surface area contributed by atoms with Gasteiger partial charge < -0.3 is 20.3 Å². The number of ether oxygens (including phenoxy) is 1. The fourth-order valence-electron chi connectivity index (χ4n) is 11.7. The van der Waals surface area contributed by atoms with Crippen LogP contribution in [0.3, 0.4) is 0 Å². The highest BCUT2D eigenvalue weighted by Crippen LogP contribution is 2.54. The molecule has 2 unspecified atom stereocenters. The quantitative estimate of drug-likeness (QED) is 0.195. The first-order valence-corrected chi connectivity index (χ1v) is 21.4. The highest BCUT2D eigenvalue weighted by atomic mass is 35.5. The number of benzene rings is 3. The van der Waals surface area contributed by atoms with Gasteiger partial charge in [0.05, 0.1) is 34.3 Å². The molecule has 1 spiro atoms. The van der Waals surface area contributed by atoms with Crippen molar-refractivity contribution in [3.63, 3.8) is 0 Å². The number of carbonyl (C=O) groups is 5. The molecule has 0 bridgehead atoms. The van der Waals surface area contributed by atoms with Gasteiger partial charge >= 0.3 is 0 Å². The van der Waals surface area contributed by atoms with Gasteiger partial charge in [-0.2, -0.15) is 0 Å². The molecule has 0 radical (unpaired) electrons. The molecule has 2 saturated carbocycles. The summed E-state index contributed by atoms with van der Waals surface area (Å²) < 4.78 is 6.37. The third kappa shape index (κ3) is 6.23. The van der Waals surface area contributed by atoms with E-state index in [1.165, 1.54) is 0 Å². The highest BCUT2D eigenvalue weighted by molar-refractivity contribution is 6.33. The Morgan fingerprint density at radius 1 is 0.934 bits per heavy atom. The second-order valence-electron chi connectivity index (χ2n) is 18.9. The van der Waals surface area contributed by atoms with Crippen LogP contribution in [0.4, 0.5) is 11.4 Å². The van der Waals surface area contributed by atoms with E-state index in [4.69, 9.17) is 28.6 Å². The Morgan fingerprint density at radius 2 is 1.69 bits per heavy atom. The number of halogens is 1. The van der Waals surface area contributed by atoms with Crippen LogP contribution in [0, 0.1) is 35.2 Å². The van der Waals surface area contributed by atoms with Crippen LogP contribution in [-0.2, 0) is 16.1 Å². The molecule has 3 N–H and O–H groups in total. The Labute approximate surface area is 359 Å². The number of anilines is 1. The number of nitrogens with zero attached hydrogens (tertiary/aromatic N) is 5. The van der Waals surface area contributed by atoms with E-state index in [1.807, 2.05) is 36.1 Å². The molecule has 3 aromatic rings. The van der Waals surface area contributed by atoms with Crippen molar-refractivity contribution < 1.29 is 28.7 Å². The van der Waals surface area contributed by atoms with E-state index in [9.17, 15) is 24.0 Å². The SMILES string of the molecule is [C-]#[N+]c1ccc(O[C@H]2C(C)(C)[C@H](N3Cc4cc(C#CC5CC6(CCN(C7CN(c8ccc9c(c8)C(=O)N(C8CCC(=O)NC8=O)C9=O)C7)C6)C5)ccc4C3=O)C2(C)N)cc1Cl. The van der Waals surface area contributed by atoms with Crippen LogP contribution in [-0.4, -0.2) is 100 Å². The number of carbonyl (C=O) groups excluding carboxylic acids is 5. The van der Waals surface area contributed by atoms with E-state index in [2.05, 4.69) is 45.6 Å². The molecule has 5 amide bonds. The second-order valence-corrected chi connectivity index (χ2v) is 19.4. The summed E-state index contributed by atoms with van der Waals surface area (Å²) in [5.41, 5.74) is 10.3. The highest BCUT2D eigenvalue weighted by Gasteiger charge is 2.68. The maximum Gasteiger partial charge on any atom is 0.262 e. The molecule has 2 aliphatic carbocycles. The topological polar surface area (TPSA) is 150 Å². The van der Waals surface area contributed by atoms with Crippen molar-refractivity contribution in [2.24, 2.45) is 22.5 Å². The Kier molecular flexibility index (Phi) is 8.98. The molecule has 312 valence electrons. The number of rotatable bonds is 6. The molecule has 3 saturated heterocycles. The third-order valence-corrected chi connectivity index (χ3v) is 14.8. The lowest BCUT2D eigenvalue weighted by Crippen LogP contribution is -2.83. The zero-order valence-corrected chi connectivity index (χ0v) is 35.1. The van der Waals surface area contributed by atoms with Gasteiger partial charge in [0.15, 0.2) is 0 Å². The summed E-state index contributed by atoms with van der Waals surface area (Å²) >= 11 is 6.28. The number of hydrogen-bond donors (Lipinski definition) is 2. The number of piperidine rings is 1. The van der Waals surface area contributed by atoms with Gasteiger partial charge in [-0.15, -0.1) is 0 Å². The van der Waals surface area contributed by atoms with Crippen LogP contribution >= 0.6 is 11.6 Å². The number of nitrogens with two attached hydrogens (primary N) is 1. The van der Waals surface area contributed by atoms with Crippen molar-refractivity contribution in [3.05, 3.63) is 98.9 Å². The first kappa shape index (κ1) is 39.4. The van der Waals surface area contributed by atoms with Crippen LogP contribution in [0.25, 0.3) is 4.85 Å².